The lowest BCUT2D eigenvalue weighted by Crippen LogP contribution is -2.46. The highest BCUT2D eigenvalue weighted by Crippen LogP contribution is 2.07. The molecule has 0 aliphatic carbocycles. The number of pyridine rings is 1. The van der Waals surface area contributed by atoms with E-state index in [-0.39, 0.29) is 12.5 Å². The molecule has 0 atom stereocenters. The van der Waals surface area contributed by atoms with Crippen molar-refractivity contribution in [2.75, 3.05) is 12.3 Å². The van der Waals surface area contributed by atoms with E-state index in [4.69, 9.17) is 10.8 Å². The molecule has 4 N–H and O–H groups in total. The SMILES string of the molecule is CC(C)(CO)NC(=O)c1cncc(N)c1. The number of nitrogens with two attached hydrogens (primary N) is 1. The lowest BCUT2D eigenvalue weighted by Gasteiger charge is -2.23. The van der Waals surface area contributed by atoms with E-state index in [0.717, 1.165) is 0 Å². The van der Waals surface area contributed by atoms with Gasteiger partial charge in [0.25, 0.3) is 5.91 Å². The van der Waals surface area contributed by atoms with Gasteiger partial charge in [-0.1, -0.05) is 0 Å². The van der Waals surface area contributed by atoms with E-state index < -0.39 is 5.54 Å². The summed E-state index contributed by atoms with van der Waals surface area (Å²) in [5, 5.41) is 11.7. The molecule has 1 aromatic heterocycles. The lowest BCUT2D eigenvalue weighted by atomic mass is 10.1. The summed E-state index contributed by atoms with van der Waals surface area (Å²) in [6, 6.07) is 1.54. The monoisotopic (exact) mass is 209 g/mol. The van der Waals surface area contributed by atoms with Gasteiger partial charge in [-0.15, -0.1) is 0 Å². The van der Waals surface area contributed by atoms with E-state index in [1.807, 2.05) is 0 Å². The van der Waals surface area contributed by atoms with Gasteiger partial charge < -0.3 is 16.2 Å². The summed E-state index contributed by atoms with van der Waals surface area (Å²) in [4.78, 5) is 15.5. The first-order valence-electron chi connectivity index (χ1n) is 4.58. The van der Waals surface area contributed by atoms with Crippen LogP contribution < -0.4 is 11.1 Å². The first-order valence-corrected chi connectivity index (χ1v) is 4.58. The zero-order valence-corrected chi connectivity index (χ0v) is 8.82. The van der Waals surface area contributed by atoms with Crippen molar-refractivity contribution >= 4 is 11.6 Å². The maximum Gasteiger partial charge on any atom is 0.253 e. The third kappa shape index (κ3) is 3.21. The maximum atomic E-state index is 11.7. The Morgan fingerprint density at radius 1 is 1.60 bits per heavy atom. The summed E-state index contributed by atoms with van der Waals surface area (Å²) >= 11 is 0. The molecule has 0 radical (unpaired) electrons. The van der Waals surface area contributed by atoms with Gasteiger partial charge in [0.05, 0.1) is 23.4 Å². The highest BCUT2D eigenvalue weighted by molar-refractivity contribution is 5.95. The number of nitrogens with zero attached hydrogens (tertiary/aromatic N) is 1. The predicted molar refractivity (Wildman–Crippen MR) is 57.3 cm³/mol. The number of rotatable bonds is 3. The number of aromatic nitrogens is 1. The fourth-order valence-corrected chi connectivity index (χ4v) is 1.00. The summed E-state index contributed by atoms with van der Waals surface area (Å²) in [6.07, 6.45) is 2.90. The van der Waals surface area contributed by atoms with Gasteiger partial charge in [0.15, 0.2) is 0 Å². The van der Waals surface area contributed by atoms with Crippen LogP contribution in [0, 0.1) is 0 Å². The Bertz CT molecular complexity index is 363. The standard InChI is InChI=1S/C10H15N3O2/c1-10(2,6-14)13-9(15)7-3-8(11)5-12-4-7/h3-5,14H,6,11H2,1-2H3,(H,13,15). The average Bonchev–Trinajstić information content (AvgIpc) is 2.17. The van der Waals surface area contributed by atoms with Gasteiger partial charge in [0.2, 0.25) is 0 Å². The van der Waals surface area contributed by atoms with Crippen LogP contribution in [0.15, 0.2) is 18.5 Å². The van der Waals surface area contributed by atoms with E-state index in [1.54, 1.807) is 13.8 Å². The average molecular weight is 209 g/mol. The minimum absolute atomic E-state index is 0.130. The summed E-state index contributed by atoms with van der Waals surface area (Å²) in [5.74, 6) is -0.297. The molecule has 1 amide bonds. The number of carbonyl (C=O) groups excluding carboxylic acids is 1. The molecule has 0 aliphatic rings. The minimum atomic E-state index is -0.651. The Labute approximate surface area is 88.3 Å². The van der Waals surface area contributed by atoms with Crippen molar-refractivity contribution in [3.8, 4) is 0 Å². The van der Waals surface area contributed by atoms with Gasteiger partial charge >= 0.3 is 0 Å². The van der Waals surface area contributed by atoms with Crippen molar-refractivity contribution in [3.05, 3.63) is 24.0 Å². The van der Waals surface area contributed by atoms with Crippen LogP contribution in [0.5, 0.6) is 0 Å². The van der Waals surface area contributed by atoms with Crippen molar-refractivity contribution < 1.29 is 9.90 Å². The number of aliphatic hydroxyl groups is 1. The van der Waals surface area contributed by atoms with Crippen LogP contribution in [0.4, 0.5) is 5.69 Å². The predicted octanol–water partition coefficient (Wildman–Crippen LogP) is 0.164. The number of amides is 1. The van der Waals surface area contributed by atoms with Crippen molar-refractivity contribution in [3.63, 3.8) is 0 Å². The summed E-state index contributed by atoms with van der Waals surface area (Å²) < 4.78 is 0. The zero-order valence-electron chi connectivity index (χ0n) is 8.82. The molecule has 0 aromatic carbocycles. The lowest BCUT2D eigenvalue weighted by molar-refractivity contribution is 0.0869. The fraction of sp³-hybridized carbons (Fsp3) is 0.400. The van der Waals surface area contributed by atoms with E-state index in [1.165, 1.54) is 18.5 Å². The smallest absolute Gasteiger partial charge is 0.253 e. The quantitative estimate of drug-likeness (QED) is 0.662. The molecule has 0 saturated carbocycles. The van der Waals surface area contributed by atoms with E-state index in [9.17, 15) is 4.79 Å². The highest BCUT2D eigenvalue weighted by Gasteiger charge is 2.20. The van der Waals surface area contributed by atoms with Crippen molar-refractivity contribution in [2.24, 2.45) is 0 Å². The van der Waals surface area contributed by atoms with Gasteiger partial charge in [-0.05, 0) is 19.9 Å². The van der Waals surface area contributed by atoms with Gasteiger partial charge in [0, 0.05) is 12.4 Å². The van der Waals surface area contributed by atoms with Gasteiger partial charge in [-0.25, -0.2) is 0 Å². The van der Waals surface area contributed by atoms with Crippen LogP contribution in [-0.4, -0.2) is 28.1 Å². The molecule has 1 rings (SSSR count). The topological polar surface area (TPSA) is 88.2 Å². The molecule has 0 aliphatic heterocycles. The molecular weight excluding hydrogens is 194 g/mol. The molecule has 0 bridgehead atoms. The summed E-state index contributed by atoms with van der Waals surface area (Å²) in [7, 11) is 0. The third-order valence-electron chi connectivity index (χ3n) is 1.87. The number of carbonyl (C=O) groups is 1. The second-order valence-corrected chi connectivity index (χ2v) is 4.00. The third-order valence-corrected chi connectivity index (χ3v) is 1.87. The maximum absolute atomic E-state index is 11.7. The largest absolute Gasteiger partial charge is 0.397 e. The van der Waals surface area contributed by atoms with Gasteiger partial charge in [-0.2, -0.15) is 0 Å². The molecular formula is C10H15N3O2. The van der Waals surface area contributed by atoms with Crippen LogP contribution in [0.1, 0.15) is 24.2 Å². The van der Waals surface area contributed by atoms with Crippen LogP contribution in [0.2, 0.25) is 0 Å². The Hall–Kier alpha value is -1.62. The molecule has 5 heteroatoms. The number of nitrogens with one attached hydrogen (secondary N) is 1. The number of aliphatic hydroxyl groups excluding tert-OH is 1. The molecule has 82 valence electrons. The fourth-order valence-electron chi connectivity index (χ4n) is 1.00. The first-order chi connectivity index (χ1) is 6.94. The van der Waals surface area contributed by atoms with Gasteiger partial charge in [0.1, 0.15) is 0 Å². The minimum Gasteiger partial charge on any atom is -0.397 e. The molecule has 1 heterocycles. The van der Waals surface area contributed by atoms with Crippen molar-refractivity contribution in [2.45, 2.75) is 19.4 Å². The van der Waals surface area contributed by atoms with E-state index in [0.29, 0.717) is 11.3 Å². The Balaban J connectivity index is 2.78. The van der Waals surface area contributed by atoms with Crippen LogP contribution in [0.3, 0.4) is 0 Å². The Morgan fingerprint density at radius 3 is 2.80 bits per heavy atom. The van der Waals surface area contributed by atoms with E-state index >= 15 is 0 Å². The number of anilines is 1. The Morgan fingerprint density at radius 2 is 2.27 bits per heavy atom. The van der Waals surface area contributed by atoms with Crippen LogP contribution >= 0.6 is 0 Å². The normalized spacial score (nSPS) is 11.1. The first kappa shape index (κ1) is 11.5. The highest BCUT2D eigenvalue weighted by atomic mass is 16.3. The van der Waals surface area contributed by atoms with Crippen LogP contribution in [0.25, 0.3) is 0 Å². The molecule has 5 nitrogen and oxygen atoms in total. The second kappa shape index (κ2) is 4.27. The molecule has 15 heavy (non-hydrogen) atoms. The zero-order chi connectivity index (χ0) is 11.5. The van der Waals surface area contributed by atoms with Gasteiger partial charge in [-0.3, -0.25) is 9.78 Å². The number of nitrogen functional groups attached to an aromatic ring is 1. The molecule has 0 fully saturated rings. The molecule has 0 saturated heterocycles. The van der Waals surface area contributed by atoms with Crippen molar-refractivity contribution in [1.82, 2.24) is 10.3 Å². The molecule has 0 spiro atoms. The van der Waals surface area contributed by atoms with Crippen LogP contribution in [-0.2, 0) is 0 Å². The Kier molecular flexibility index (Phi) is 3.26. The molecule has 0 unspecified atom stereocenters. The summed E-state index contributed by atoms with van der Waals surface area (Å²) in [6.45, 7) is 3.32. The number of hydrogen-bond acceptors (Lipinski definition) is 4. The molecule has 1 aromatic rings. The van der Waals surface area contributed by atoms with Crippen molar-refractivity contribution in [1.29, 1.82) is 0 Å². The second-order valence-electron chi connectivity index (χ2n) is 4.00. The van der Waals surface area contributed by atoms with E-state index in [2.05, 4.69) is 10.3 Å². The number of hydrogen-bond donors (Lipinski definition) is 3. The summed E-state index contributed by atoms with van der Waals surface area (Å²) in [5.41, 5.74) is 5.67.